The molecule has 142 valence electrons. The number of benzene rings is 1. The van der Waals surface area contributed by atoms with E-state index in [1.54, 1.807) is 4.90 Å². The highest BCUT2D eigenvalue weighted by Gasteiger charge is 2.27. The molecule has 1 aliphatic rings. The molecule has 8 heteroatoms. The van der Waals surface area contributed by atoms with Gasteiger partial charge in [0, 0.05) is 31.6 Å². The molecular formula is C19H23N5O3. The number of nitrogens with one attached hydrogen (secondary N) is 3. The van der Waals surface area contributed by atoms with Gasteiger partial charge < -0.3 is 15.5 Å². The topological polar surface area (TPSA) is 107 Å². The van der Waals surface area contributed by atoms with Crippen LogP contribution in [0.5, 0.6) is 0 Å². The van der Waals surface area contributed by atoms with Crippen LogP contribution in [0.3, 0.4) is 0 Å². The van der Waals surface area contributed by atoms with Gasteiger partial charge in [0.05, 0.1) is 11.9 Å². The standard InChI is InChI=1S/C19H23N5O3/c1-12-3-5-15(6-4-12)21-19(27)17-16(11-20-23-17)22-18(26)14-7-9-24(10-8-14)13(2)25/h3-6,11,14H,7-10H2,1-2H3,(H,20,23)(H,21,27)(H,22,26). The van der Waals surface area contributed by atoms with E-state index >= 15 is 0 Å². The summed E-state index contributed by atoms with van der Waals surface area (Å²) in [4.78, 5) is 38.1. The first-order chi connectivity index (χ1) is 12.9. The number of carbonyl (C=O) groups excluding carboxylic acids is 3. The Labute approximate surface area is 157 Å². The molecule has 1 fully saturated rings. The Kier molecular flexibility index (Phi) is 5.54. The highest BCUT2D eigenvalue weighted by atomic mass is 16.2. The number of aryl methyl sites for hydroxylation is 1. The van der Waals surface area contributed by atoms with E-state index in [2.05, 4.69) is 20.8 Å². The maximum atomic E-state index is 12.5. The summed E-state index contributed by atoms with van der Waals surface area (Å²) in [5.74, 6) is -0.704. The average Bonchev–Trinajstić information content (AvgIpc) is 3.12. The van der Waals surface area contributed by atoms with Gasteiger partial charge in [-0.1, -0.05) is 17.7 Å². The first-order valence-electron chi connectivity index (χ1n) is 8.92. The van der Waals surface area contributed by atoms with E-state index in [4.69, 9.17) is 0 Å². The van der Waals surface area contributed by atoms with Crippen LogP contribution in [0.2, 0.25) is 0 Å². The Bertz CT molecular complexity index is 835. The van der Waals surface area contributed by atoms with Crippen LogP contribution >= 0.6 is 0 Å². The number of carbonyl (C=O) groups is 3. The smallest absolute Gasteiger partial charge is 0.275 e. The van der Waals surface area contributed by atoms with E-state index in [0.29, 0.717) is 37.3 Å². The maximum absolute atomic E-state index is 12.5. The first kappa shape index (κ1) is 18.6. The number of H-pyrrole nitrogens is 1. The van der Waals surface area contributed by atoms with Crippen LogP contribution in [0.4, 0.5) is 11.4 Å². The Morgan fingerprint density at radius 2 is 1.78 bits per heavy atom. The fourth-order valence-corrected chi connectivity index (χ4v) is 3.08. The molecule has 1 aliphatic heterocycles. The molecule has 1 aromatic carbocycles. The van der Waals surface area contributed by atoms with E-state index in [0.717, 1.165) is 5.56 Å². The van der Waals surface area contributed by atoms with Gasteiger partial charge >= 0.3 is 0 Å². The Morgan fingerprint density at radius 3 is 2.41 bits per heavy atom. The van der Waals surface area contributed by atoms with Crippen LogP contribution in [0.1, 0.15) is 35.8 Å². The summed E-state index contributed by atoms with van der Waals surface area (Å²) >= 11 is 0. The summed E-state index contributed by atoms with van der Waals surface area (Å²) in [6.45, 7) is 4.64. The van der Waals surface area contributed by atoms with Crippen molar-refractivity contribution in [2.24, 2.45) is 5.92 Å². The molecule has 0 atom stereocenters. The van der Waals surface area contributed by atoms with Gasteiger partial charge in [-0.05, 0) is 31.9 Å². The molecule has 0 aliphatic carbocycles. The molecule has 0 bridgehead atoms. The molecule has 0 unspecified atom stereocenters. The number of hydrogen-bond acceptors (Lipinski definition) is 4. The van der Waals surface area contributed by atoms with Crippen LogP contribution in [0.15, 0.2) is 30.5 Å². The van der Waals surface area contributed by atoms with Gasteiger partial charge in [-0.15, -0.1) is 0 Å². The highest BCUT2D eigenvalue weighted by molar-refractivity contribution is 6.08. The molecule has 2 heterocycles. The number of aromatic nitrogens is 2. The predicted molar refractivity (Wildman–Crippen MR) is 101 cm³/mol. The zero-order chi connectivity index (χ0) is 19.4. The van der Waals surface area contributed by atoms with Crippen molar-refractivity contribution in [2.45, 2.75) is 26.7 Å². The van der Waals surface area contributed by atoms with Crippen molar-refractivity contribution in [2.75, 3.05) is 23.7 Å². The first-order valence-corrected chi connectivity index (χ1v) is 8.92. The summed E-state index contributed by atoms with van der Waals surface area (Å²) in [6.07, 6.45) is 2.63. The van der Waals surface area contributed by atoms with Crippen molar-refractivity contribution in [1.29, 1.82) is 0 Å². The van der Waals surface area contributed by atoms with Crippen molar-refractivity contribution in [3.05, 3.63) is 41.7 Å². The molecule has 3 N–H and O–H groups in total. The van der Waals surface area contributed by atoms with Crippen molar-refractivity contribution < 1.29 is 14.4 Å². The van der Waals surface area contributed by atoms with Crippen molar-refractivity contribution in [1.82, 2.24) is 15.1 Å². The summed E-state index contributed by atoms with van der Waals surface area (Å²) in [5.41, 5.74) is 2.30. The second-order valence-electron chi connectivity index (χ2n) is 6.75. The fourth-order valence-electron chi connectivity index (χ4n) is 3.08. The molecule has 8 nitrogen and oxygen atoms in total. The zero-order valence-electron chi connectivity index (χ0n) is 15.4. The predicted octanol–water partition coefficient (Wildman–Crippen LogP) is 2.17. The van der Waals surface area contributed by atoms with E-state index in [1.807, 2.05) is 31.2 Å². The lowest BCUT2D eigenvalue weighted by Gasteiger charge is -2.30. The quantitative estimate of drug-likeness (QED) is 0.768. The minimum atomic E-state index is -0.377. The summed E-state index contributed by atoms with van der Waals surface area (Å²) in [5, 5.41) is 12.1. The molecule has 0 radical (unpaired) electrons. The number of piperidine rings is 1. The van der Waals surface area contributed by atoms with E-state index < -0.39 is 0 Å². The molecule has 3 amide bonds. The van der Waals surface area contributed by atoms with Gasteiger partial charge in [-0.25, -0.2) is 0 Å². The summed E-state index contributed by atoms with van der Waals surface area (Å²) in [6, 6.07) is 7.42. The van der Waals surface area contributed by atoms with Crippen LogP contribution < -0.4 is 10.6 Å². The molecular weight excluding hydrogens is 346 g/mol. The lowest BCUT2D eigenvalue weighted by atomic mass is 9.96. The second kappa shape index (κ2) is 8.03. The van der Waals surface area contributed by atoms with Gasteiger partial charge in [-0.2, -0.15) is 5.10 Å². The van der Waals surface area contributed by atoms with Crippen molar-refractivity contribution in [3.63, 3.8) is 0 Å². The van der Waals surface area contributed by atoms with Crippen molar-refractivity contribution >= 4 is 29.1 Å². The van der Waals surface area contributed by atoms with Gasteiger partial charge in [0.2, 0.25) is 11.8 Å². The van der Waals surface area contributed by atoms with Crippen LogP contribution in [-0.4, -0.2) is 45.9 Å². The van der Waals surface area contributed by atoms with E-state index in [9.17, 15) is 14.4 Å². The monoisotopic (exact) mass is 369 g/mol. The number of anilines is 2. The van der Waals surface area contributed by atoms with Gasteiger partial charge in [0.15, 0.2) is 0 Å². The average molecular weight is 369 g/mol. The number of likely N-dealkylation sites (tertiary alicyclic amines) is 1. The summed E-state index contributed by atoms with van der Waals surface area (Å²) < 4.78 is 0. The minimum absolute atomic E-state index is 0.0266. The van der Waals surface area contributed by atoms with Crippen molar-refractivity contribution in [3.8, 4) is 0 Å². The second-order valence-corrected chi connectivity index (χ2v) is 6.75. The third-order valence-electron chi connectivity index (χ3n) is 4.74. The molecule has 3 rings (SSSR count). The van der Waals surface area contributed by atoms with E-state index in [1.165, 1.54) is 13.1 Å². The molecule has 2 aromatic rings. The highest BCUT2D eigenvalue weighted by Crippen LogP contribution is 2.21. The van der Waals surface area contributed by atoms with Crippen LogP contribution in [0.25, 0.3) is 0 Å². The third kappa shape index (κ3) is 4.52. The zero-order valence-corrected chi connectivity index (χ0v) is 15.4. The molecule has 0 spiro atoms. The maximum Gasteiger partial charge on any atom is 0.275 e. The largest absolute Gasteiger partial charge is 0.343 e. The number of aromatic amines is 1. The molecule has 1 aromatic heterocycles. The minimum Gasteiger partial charge on any atom is -0.343 e. The Morgan fingerprint density at radius 1 is 1.11 bits per heavy atom. The lowest BCUT2D eigenvalue weighted by molar-refractivity contribution is -0.132. The fraction of sp³-hybridized carbons (Fsp3) is 0.368. The van der Waals surface area contributed by atoms with Gasteiger partial charge in [-0.3, -0.25) is 19.5 Å². The van der Waals surface area contributed by atoms with E-state index in [-0.39, 0.29) is 29.3 Å². The molecule has 27 heavy (non-hydrogen) atoms. The van der Waals surface area contributed by atoms with Crippen LogP contribution in [0, 0.1) is 12.8 Å². The van der Waals surface area contributed by atoms with Gasteiger partial charge in [0.25, 0.3) is 5.91 Å². The number of nitrogens with zero attached hydrogens (tertiary/aromatic N) is 2. The summed E-state index contributed by atoms with van der Waals surface area (Å²) in [7, 11) is 0. The number of amides is 3. The normalized spacial score (nSPS) is 14.7. The lowest BCUT2D eigenvalue weighted by Crippen LogP contribution is -2.40. The Hall–Kier alpha value is -3.16. The number of rotatable bonds is 4. The number of hydrogen-bond donors (Lipinski definition) is 3. The molecule has 1 saturated heterocycles. The Balaban J connectivity index is 1.61. The SMILES string of the molecule is CC(=O)N1CCC(C(=O)Nc2cn[nH]c2C(=O)Nc2ccc(C)cc2)CC1. The van der Waals surface area contributed by atoms with Crippen LogP contribution in [-0.2, 0) is 9.59 Å². The van der Waals surface area contributed by atoms with Gasteiger partial charge in [0.1, 0.15) is 5.69 Å². The molecule has 0 saturated carbocycles. The third-order valence-corrected chi connectivity index (χ3v) is 4.74.